The van der Waals surface area contributed by atoms with Crippen molar-refractivity contribution in [3.05, 3.63) is 0 Å². The Morgan fingerprint density at radius 1 is 1.13 bits per heavy atom. The van der Waals surface area contributed by atoms with Crippen LogP contribution < -0.4 is 10.0 Å². The third-order valence-electron chi connectivity index (χ3n) is 2.77. The Hall–Kier alpha value is -0.130. The van der Waals surface area contributed by atoms with Gasteiger partial charge in [-0.05, 0) is 25.8 Å². The Morgan fingerprint density at radius 3 is 2.40 bits per heavy atom. The zero-order chi connectivity index (χ0) is 11.1. The summed E-state index contributed by atoms with van der Waals surface area (Å²) in [4.78, 5) is 0. The highest BCUT2D eigenvalue weighted by Crippen LogP contribution is 2.23. The SMILES string of the molecule is CCCNCCNS(=O)(=O)C1CCCC1. The van der Waals surface area contributed by atoms with Gasteiger partial charge < -0.3 is 5.32 Å². The Bertz CT molecular complexity index is 259. The van der Waals surface area contributed by atoms with E-state index in [-0.39, 0.29) is 5.25 Å². The summed E-state index contributed by atoms with van der Waals surface area (Å²) in [7, 11) is -3.04. The average Bonchev–Trinajstić information content (AvgIpc) is 2.70. The van der Waals surface area contributed by atoms with Crippen molar-refractivity contribution in [3.63, 3.8) is 0 Å². The number of hydrogen-bond acceptors (Lipinski definition) is 3. The first kappa shape index (κ1) is 12.9. The zero-order valence-corrected chi connectivity index (χ0v) is 10.3. The minimum absolute atomic E-state index is 0.135. The van der Waals surface area contributed by atoms with Crippen molar-refractivity contribution in [1.82, 2.24) is 10.0 Å². The van der Waals surface area contributed by atoms with Crippen molar-refractivity contribution >= 4 is 10.0 Å². The molecule has 0 heterocycles. The molecule has 0 atom stereocenters. The summed E-state index contributed by atoms with van der Waals surface area (Å²) in [5.74, 6) is 0. The van der Waals surface area contributed by atoms with Crippen LogP contribution in [0.5, 0.6) is 0 Å². The lowest BCUT2D eigenvalue weighted by Gasteiger charge is -2.12. The van der Waals surface area contributed by atoms with E-state index in [1.807, 2.05) is 0 Å². The molecule has 0 aromatic carbocycles. The van der Waals surface area contributed by atoms with Crippen LogP contribution in [0.25, 0.3) is 0 Å². The van der Waals surface area contributed by atoms with Gasteiger partial charge in [-0.25, -0.2) is 13.1 Å². The van der Waals surface area contributed by atoms with Crippen LogP contribution in [0.15, 0.2) is 0 Å². The van der Waals surface area contributed by atoms with Gasteiger partial charge in [-0.1, -0.05) is 19.8 Å². The van der Waals surface area contributed by atoms with Gasteiger partial charge in [0.1, 0.15) is 0 Å². The molecule has 1 aliphatic carbocycles. The molecule has 2 N–H and O–H groups in total. The standard InChI is InChI=1S/C10H22N2O2S/c1-2-7-11-8-9-12-15(13,14)10-5-3-4-6-10/h10-12H,2-9H2,1H3. The molecule has 0 saturated heterocycles. The molecule has 0 bridgehead atoms. The molecule has 4 nitrogen and oxygen atoms in total. The van der Waals surface area contributed by atoms with Gasteiger partial charge in [-0.15, -0.1) is 0 Å². The fourth-order valence-corrected chi connectivity index (χ4v) is 3.48. The zero-order valence-electron chi connectivity index (χ0n) is 9.46. The third kappa shape index (κ3) is 4.49. The number of rotatable bonds is 7. The fraction of sp³-hybridized carbons (Fsp3) is 1.00. The summed E-state index contributed by atoms with van der Waals surface area (Å²) < 4.78 is 26.1. The molecule has 0 spiro atoms. The summed E-state index contributed by atoms with van der Waals surface area (Å²) in [6.07, 6.45) is 4.85. The van der Waals surface area contributed by atoms with Crippen LogP contribution in [0.1, 0.15) is 39.0 Å². The molecule has 1 saturated carbocycles. The Balaban J connectivity index is 2.18. The van der Waals surface area contributed by atoms with E-state index in [2.05, 4.69) is 17.0 Å². The highest BCUT2D eigenvalue weighted by molar-refractivity contribution is 7.90. The Morgan fingerprint density at radius 2 is 1.80 bits per heavy atom. The van der Waals surface area contributed by atoms with Crippen molar-refractivity contribution in [2.45, 2.75) is 44.3 Å². The predicted molar refractivity (Wildman–Crippen MR) is 62.3 cm³/mol. The van der Waals surface area contributed by atoms with Crippen molar-refractivity contribution in [3.8, 4) is 0 Å². The lowest BCUT2D eigenvalue weighted by atomic mass is 10.4. The maximum absolute atomic E-state index is 11.7. The molecule has 0 aliphatic heterocycles. The maximum atomic E-state index is 11.7. The number of nitrogens with one attached hydrogen (secondary N) is 2. The van der Waals surface area contributed by atoms with E-state index in [1.54, 1.807) is 0 Å². The van der Waals surface area contributed by atoms with Gasteiger partial charge in [0.15, 0.2) is 0 Å². The first-order chi connectivity index (χ1) is 7.17. The van der Waals surface area contributed by atoms with Gasteiger partial charge >= 0.3 is 0 Å². The van der Waals surface area contributed by atoms with E-state index in [9.17, 15) is 8.42 Å². The lowest BCUT2D eigenvalue weighted by Crippen LogP contribution is -2.37. The molecule has 1 rings (SSSR count). The molecule has 1 fully saturated rings. The highest BCUT2D eigenvalue weighted by atomic mass is 32.2. The van der Waals surface area contributed by atoms with E-state index in [0.29, 0.717) is 6.54 Å². The molecule has 0 aromatic heterocycles. The molecular weight excluding hydrogens is 212 g/mol. The van der Waals surface area contributed by atoms with Crippen molar-refractivity contribution < 1.29 is 8.42 Å². The summed E-state index contributed by atoms with van der Waals surface area (Å²) in [5, 5.41) is 3.04. The fourth-order valence-electron chi connectivity index (χ4n) is 1.90. The number of hydrogen-bond donors (Lipinski definition) is 2. The van der Waals surface area contributed by atoms with Crippen LogP contribution in [0.4, 0.5) is 0 Å². The van der Waals surface area contributed by atoms with Crippen LogP contribution in [-0.2, 0) is 10.0 Å². The number of sulfonamides is 1. The first-order valence-corrected chi connectivity index (χ1v) is 7.40. The van der Waals surface area contributed by atoms with Gasteiger partial charge in [-0.2, -0.15) is 0 Å². The lowest BCUT2D eigenvalue weighted by molar-refractivity contribution is 0.559. The quantitative estimate of drug-likeness (QED) is 0.642. The molecule has 0 unspecified atom stereocenters. The smallest absolute Gasteiger partial charge is 0.214 e. The van der Waals surface area contributed by atoms with E-state index < -0.39 is 10.0 Å². The highest BCUT2D eigenvalue weighted by Gasteiger charge is 2.27. The van der Waals surface area contributed by atoms with E-state index in [0.717, 1.165) is 45.2 Å². The molecule has 0 radical (unpaired) electrons. The van der Waals surface area contributed by atoms with Gasteiger partial charge in [0.25, 0.3) is 0 Å². The first-order valence-electron chi connectivity index (χ1n) is 5.86. The van der Waals surface area contributed by atoms with E-state index in [1.165, 1.54) is 0 Å². The van der Waals surface area contributed by atoms with Crippen molar-refractivity contribution in [1.29, 1.82) is 0 Å². The normalized spacial score (nSPS) is 18.5. The second-order valence-electron chi connectivity index (χ2n) is 4.10. The topological polar surface area (TPSA) is 58.2 Å². The summed E-state index contributed by atoms with van der Waals surface area (Å²) >= 11 is 0. The van der Waals surface area contributed by atoms with E-state index in [4.69, 9.17) is 0 Å². The van der Waals surface area contributed by atoms with Gasteiger partial charge in [0.05, 0.1) is 5.25 Å². The Labute approximate surface area is 92.9 Å². The minimum atomic E-state index is -3.04. The molecule has 90 valence electrons. The van der Waals surface area contributed by atoms with Crippen LogP contribution in [0, 0.1) is 0 Å². The molecule has 15 heavy (non-hydrogen) atoms. The second kappa shape index (κ2) is 6.45. The average molecular weight is 234 g/mol. The second-order valence-corrected chi connectivity index (χ2v) is 6.14. The predicted octanol–water partition coefficient (Wildman–Crippen LogP) is 0.848. The molecule has 5 heteroatoms. The summed E-state index contributed by atoms with van der Waals surface area (Å²) in [5.41, 5.74) is 0. The molecule has 0 aromatic rings. The van der Waals surface area contributed by atoms with Crippen LogP contribution >= 0.6 is 0 Å². The summed E-state index contributed by atoms with van der Waals surface area (Å²) in [6.45, 7) is 4.28. The maximum Gasteiger partial charge on any atom is 0.214 e. The van der Waals surface area contributed by atoms with Crippen molar-refractivity contribution in [2.24, 2.45) is 0 Å². The van der Waals surface area contributed by atoms with Crippen LogP contribution in [-0.4, -0.2) is 33.3 Å². The van der Waals surface area contributed by atoms with Gasteiger partial charge in [0, 0.05) is 13.1 Å². The van der Waals surface area contributed by atoms with Crippen molar-refractivity contribution in [2.75, 3.05) is 19.6 Å². The van der Waals surface area contributed by atoms with Crippen LogP contribution in [0.2, 0.25) is 0 Å². The van der Waals surface area contributed by atoms with E-state index >= 15 is 0 Å². The molecular formula is C10H22N2O2S. The molecule has 0 amide bonds. The Kier molecular flexibility index (Phi) is 5.56. The van der Waals surface area contributed by atoms with Crippen LogP contribution in [0.3, 0.4) is 0 Å². The molecule has 1 aliphatic rings. The minimum Gasteiger partial charge on any atom is -0.315 e. The largest absolute Gasteiger partial charge is 0.315 e. The third-order valence-corrected chi connectivity index (χ3v) is 4.73. The van der Waals surface area contributed by atoms with Gasteiger partial charge in [0.2, 0.25) is 10.0 Å². The summed E-state index contributed by atoms with van der Waals surface area (Å²) in [6, 6.07) is 0. The monoisotopic (exact) mass is 234 g/mol. The van der Waals surface area contributed by atoms with Gasteiger partial charge in [-0.3, -0.25) is 0 Å².